The first kappa shape index (κ1) is 15.8. The van der Waals surface area contributed by atoms with E-state index in [2.05, 4.69) is 34.1 Å². The number of ether oxygens (including phenoxy) is 1. The Bertz CT molecular complexity index is 541. The van der Waals surface area contributed by atoms with E-state index in [9.17, 15) is 0 Å². The zero-order valence-electron chi connectivity index (χ0n) is 11.3. The average Bonchev–Trinajstić information content (AvgIpc) is 2.49. The molecule has 2 heterocycles. The number of morpholine rings is 1. The van der Waals surface area contributed by atoms with Crippen molar-refractivity contribution in [2.45, 2.75) is 4.90 Å². The van der Waals surface area contributed by atoms with Crippen molar-refractivity contribution in [2.24, 2.45) is 0 Å². The summed E-state index contributed by atoms with van der Waals surface area (Å²) in [6.07, 6.45) is 1.87. The zero-order chi connectivity index (χ0) is 12.9. The van der Waals surface area contributed by atoms with Gasteiger partial charge in [-0.2, -0.15) is 0 Å². The van der Waals surface area contributed by atoms with Gasteiger partial charge in [-0.1, -0.05) is 18.2 Å². The summed E-state index contributed by atoms with van der Waals surface area (Å²) in [5.74, 6) is 1.11. The van der Waals surface area contributed by atoms with Gasteiger partial charge in [0, 0.05) is 41.9 Å². The number of hydrogen-bond acceptors (Lipinski definition) is 4. The van der Waals surface area contributed by atoms with E-state index < -0.39 is 0 Å². The summed E-state index contributed by atoms with van der Waals surface area (Å²) in [4.78, 5) is 8.24. The molecule has 2 aromatic rings. The third-order valence-electron chi connectivity index (χ3n) is 3.36. The van der Waals surface area contributed by atoms with Crippen molar-refractivity contribution in [2.75, 3.05) is 38.6 Å². The van der Waals surface area contributed by atoms with Gasteiger partial charge < -0.3 is 4.74 Å². The van der Waals surface area contributed by atoms with E-state index in [1.807, 2.05) is 24.0 Å². The summed E-state index contributed by atoms with van der Waals surface area (Å²) < 4.78 is 5.36. The van der Waals surface area contributed by atoms with Crippen LogP contribution in [0.4, 0.5) is 0 Å². The molecule has 1 aromatic carbocycles. The highest BCUT2D eigenvalue weighted by Gasteiger charge is 2.10. The Kier molecular flexibility index (Phi) is 6.29. The molecule has 0 bridgehead atoms. The van der Waals surface area contributed by atoms with E-state index in [0.717, 1.165) is 44.1 Å². The lowest BCUT2D eigenvalue weighted by atomic mass is 10.2. The van der Waals surface area contributed by atoms with Gasteiger partial charge in [-0.3, -0.25) is 9.88 Å². The molecule has 1 aliphatic heterocycles. The molecule has 0 saturated carbocycles. The van der Waals surface area contributed by atoms with Crippen LogP contribution in [0.2, 0.25) is 0 Å². The molecule has 1 fully saturated rings. The average molecular weight is 355 g/mol. The van der Waals surface area contributed by atoms with Gasteiger partial charge in [0.1, 0.15) is 0 Å². The molecule has 0 atom stereocenters. The van der Waals surface area contributed by atoms with Crippen LogP contribution in [0.25, 0.3) is 10.9 Å². The quantitative estimate of drug-likeness (QED) is 0.787. The van der Waals surface area contributed by atoms with Crippen LogP contribution in [-0.2, 0) is 4.74 Å². The van der Waals surface area contributed by atoms with Crippen LogP contribution in [0.3, 0.4) is 0 Å². The Labute approximate surface area is 134 Å². The molecule has 1 aliphatic rings. The number of pyridine rings is 1. The van der Waals surface area contributed by atoms with Crippen molar-refractivity contribution >= 4 is 39.6 Å². The number of para-hydroxylation sites is 1. The molecule has 1 saturated heterocycles. The molecule has 20 heavy (non-hydrogen) atoms. The van der Waals surface area contributed by atoms with Crippen LogP contribution in [0.1, 0.15) is 0 Å². The third-order valence-corrected chi connectivity index (χ3v) is 4.39. The van der Waals surface area contributed by atoms with E-state index >= 15 is 0 Å². The van der Waals surface area contributed by atoms with E-state index in [1.54, 1.807) is 0 Å². The van der Waals surface area contributed by atoms with Crippen LogP contribution in [0.15, 0.2) is 41.4 Å². The number of aromatic nitrogens is 1. The smallest absolute Gasteiger partial charge is 0.0837 e. The SMILES string of the molecule is Br.c1cnc2c(SCCN3CCOCC3)cccc2c1. The Morgan fingerprint density at radius 1 is 1.15 bits per heavy atom. The minimum atomic E-state index is 0. The number of thioether (sulfide) groups is 1. The van der Waals surface area contributed by atoms with Gasteiger partial charge in [-0.05, 0) is 12.1 Å². The number of nitrogens with zero attached hydrogens (tertiary/aromatic N) is 2. The Balaban J connectivity index is 0.00000147. The number of fused-ring (bicyclic) bond motifs is 1. The minimum absolute atomic E-state index is 0. The minimum Gasteiger partial charge on any atom is -0.379 e. The zero-order valence-corrected chi connectivity index (χ0v) is 13.9. The standard InChI is InChI=1S/C15H18N2OS.BrH/c1-3-13-4-2-6-16-15(13)14(5-1)19-12-9-17-7-10-18-11-8-17;/h1-6H,7-12H2;1H. The molecule has 1 aromatic heterocycles. The fourth-order valence-corrected chi connectivity index (χ4v) is 3.35. The highest BCUT2D eigenvalue weighted by Crippen LogP contribution is 2.25. The predicted octanol–water partition coefficient (Wildman–Crippen LogP) is 3.24. The van der Waals surface area contributed by atoms with Crippen LogP contribution >= 0.6 is 28.7 Å². The topological polar surface area (TPSA) is 25.4 Å². The Hall–Kier alpha value is -0.620. The van der Waals surface area contributed by atoms with Gasteiger partial charge >= 0.3 is 0 Å². The first-order chi connectivity index (χ1) is 9.43. The molecule has 0 N–H and O–H groups in total. The summed E-state index contributed by atoms with van der Waals surface area (Å²) in [6.45, 7) is 5.00. The van der Waals surface area contributed by atoms with E-state index in [1.165, 1.54) is 10.3 Å². The van der Waals surface area contributed by atoms with Gasteiger partial charge in [0.2, 0.25) is 0 Å². The maximum absolute atomic E-state index is 5.36. The fourth-order valence-electron chi connectivity index (χ4n) is 2.30. The molecule has 0 radical (unpaired) electrons. The number of benzene rings is 1. The molecule has 0 aliphatic carbocycles. The molecule has 0 unspecified atom stereocenters. The van der Waals surface area contributed by atoms with Crippen molar-refractivity contribution in [3.8, 4) is 0 Å². The predicted molar refractivity (Wildman–Crippen MR) is 90.0 cm³/mol. The second-order valence-electron chi connectivity index (χ2n) is 4.63. The van der Waals surface area contributed by atoms with Gasteiger partial charge in [-0.25, -0.2) is 0 Å². The van der Waals surface area contributed by atoms with E-state index in [0.29, 0.717) is 0 Å². The van der Waals surface area contributed by atoms with Crippen molar-refractivity contribution in [3.63, 3.8) is 0 Å². The molecule has 3 nitrogen and oxygen atoms in total. The number of hydrogen-bond donors (Lipinski definition) is 0. The Morgan fingerprint density at radius 2 is 1.95 bits per heavy atom. The van der Waals surface area contributed by atoms with Crippen molar-refractivity contribution in [3.05, 3.63) is 36.5 Å². The van der Waals surface area contributed by atoms with Gasteiger partial charge in [0.25, 0.3) is 0 Å². The fraction of sp³-hybridized carbons (Fsp3) is 0.400. The number of rotatable bonds is 4. The summed E-state index contributed by atoms with van der Waals surface area (Å²) in [5.41, 5.74) is 1.12. The Morgan fingerprint density at radius 3 is 2.80 bits per heavy atom. The van der Waals surface area contributed by atoms with E-state index in [-0.39, 0.29) is 17.0 Å². The molecule has 0 amide bonds. The second kappa shape index (κ2) is 7.98. The molecular weight excluding hydrogens is 336 g/mol. The van der Waals surface area contributed by atoms with Crippen LogP contribution < -0.4 is 0 Å². The largest absolute Gasteiger partial charge is 0.379 e. The van der Waals surface area contributed by atoms with Gasteiger partial charge in [0.15, 0.2) is 0 Å². The first-order valence-corrected chi connectivity index (χ1v) is 7.69. The highest BCUT2D eigenvalue weighted by atomic mass is 79.9. The van der Waals surface area contributed by atoms with Crippen LogP contribution in [0.5, 0.6) is 0 Å². The van der Waals surface area contributed by atoms with Crippen molar-refractivity contribution in [1.82, 2.24) is 9.88 Å². The summed E-state index contributed by atoms with van der Waals surface area (Å²) >= 11 is 1.90. The molecular formula is C15H19BrN2OS. The summed E-state index contributed by atoms with van der Waals surface area (Å²) in [5, 5.41) is 1.22. The van der Waals surface area contributed by atoms with Gasteiger partial charge in [-0.15, -0.1) is 28.7 Å². The lowest BCUT2D eigenvalue weighted by Gasteiger charge is -2.26. The highest BCUT2D eigenvalue weighted by molar-refractivity contribution is 8.93. The van der Waals surface area contributed by atoms with Gasteiger partial charge in [0.05, 0.1) is 18.7 Å². The van der Waals surface area contributed by atoms with E-state index in [4.69, 9.17) is 4.74 Å². The molecule has 5 heteroatoms. The lowest BCUT2D eigenvalue weighted by molar-refractivity contribution is 0.0410. The molecule has 0 spiro atoms. The third kappa shape index (κ3) is 3.95. The number of halogens is 1. The summed E-state index contributed by atoms with van der Waals surface area (Å²) in [7, 11) is 0. The van der Waals surface area contributed by atoms with Crippen molar-refractivity contribution < 1.29 is 4.74 Å². The van der Waals surface area contributed by atoms with Crippen LogP contribution in [-0.4, -0.2) is 48.5 Å². The maximum atomic E-state index is 5.36. The monoisotopic (exact) mass is 354 g/mol. The first-order valence-electron chi connectivity index (χ1n) is 6.70. The molecule has 3 rings (SSSR count). The normalized spacial score (nSPS) is 16.0. The summed E-state index contributed by atoms with van der Waals surface area (Å²) in [6, 6.07) is 10.5. The second-order valence-corrected chi connectivity index (χ2v) is 5.77. The molecule has 108 valence electrons. The van der Waals surface area contributed by atoms with Crippen LogP contribution in [0, 0.1) is 0 Å². The lowest BCUT2D eigenvalue weighted by Crippen LogP contribution is -2.37. The van der Waals surface area contributed by atoms with Crippen molar-refractivity contribution in [1.29, 1.82) is 0 Å². The maximum Gasteiger partial charge on any atom is 0.0837 e.